The molecule has 0 saturated carbocycles. The fraction of sp³-hybridized carbons (Fsp3) is 0.138. The fourth-order valence-electron chi connectivity index (χ4n) is 4.69. The molecule has 0 atom stereocenters. The first kappa shape index (κ1) is 24.2. The topological polar surface area (TPSA) is 93.3 Å². The van der Waals surface area contributed by atoms with Crippen LogP contribution in [0.15, 0.2) is 67.3 Å². The number of hydrogen-bond acceptors (Lipinski definition) is 6. The molecule has 0 radical (unpaired) electrons. The highest BCUT2D eigenvalue weighted by atomic mass is 35.5. The minimum atomic E-state index is -0.875. The molecular formula is C29H22ClN5O2S. The summed E-state index contributed by atoms with van der Waals surface area (Å²) in [5, 5.41) is 15.5. The van der Waals surface area contributed by atoms with Crippen molar-refractivity contribution in [1.29, 1.82) is 0 Å². The van der Waals surface area contributed by atoms with Gasteiger partial charge < -0.3 is 5.11 Å². The van der Waals surface area contributed by atoms with E-state index in [0.29, 0.717) is 5.02 Å². The maximum Gasteiger partial charge on any atom is 0.307 e. The average molecular weight is 540 g/mol. The van der Waals surface area contributed by atoms with Crippen LogP contribution >= 0.6 is 22.9 Å². The zero-order valence-electron chi connectivity index (χ0n) is 20.6. The van der Waals surface area contributed by atoms with Gasteiger partial charge in [0.05, 0.1) is 28.5 Å². The van der Waals surface area contributed by atoms with Crippen molar-refractivity contribution in [3.63, 3.8) is 0 Å². The average Bonchev–Trinajstić information content (AvgIpc) is 3.53. The highest BCUT2D eigenvalue weighted by molar-refractivity contribution is 7.22. The molecule has 0 bridgehead atoms. The van der Waals surface area contributed by atoms with E-state index in [9.17, 15) is 9.90 Å². The summed E-state index contributed by atoms with van der Waals surface area (Å²) >= 11 is 7.68. The zero-order valence-corrected chi connectivity index (χ0v) is 22.2. The lowest BCUT2D eigenvalue weighted by Crippen LogP contribution is -2.04. The normalized spacial score (nSPS) is 11.4. The van der Waals surface area contributed by atoms with Crippen LogP contribution < -0.4 is 0 Å². The standard InChI is InChI=1S/C29H22ClN5O2S/c1-3-17-14-33-35-15-20(13-32-28(17)35)23-11-19(8-9-31-23)29-34-24-10-16(2)22(12-25(36)37)26(27(24)38-29)18-4-6-21(30)7-5-18/h4-11,13-15H,3,12H2,1-2H3,(H,36,37). The van der Waals surface area contributed by atoms with Gasteiger partial charge in [0.2, 0.25) is 0 Å². The molecule has 4 heterocycles. The molecule has 2 aromatic carbocycles. The molecular weight excluding hydrogens is 518 g/mol. The van der Waals surface area contributed by atoms with E-state index in [0.717, 1.165) is 71.9 Å². The molecule has 9 heteroatoms. The van der Waals surface area contributed by atoms with Crippen molar-refractivity contribution in [3.05, 3.63) is 89.0 Å². The number of carboxylic acids is 1. The first-order valence-electron chi connectivity index (χ1n) is 12.1. The second-order valence-electron chi connectivity index (χ2n) is 9.06. The van der Waals surface area contributed by atoms with Crippen molar-refractivity contribution in [3.8, 4) is 33.0 Å². The quantitative estimate of drug-likeness (QED) is 0.248. The molecule has 4 aromatic heterocycles. The Morgan fingerprint density at radius 3 is 2.63 bits per heavy atom. The molecule has 0 aliphatic heterocycles. The molecule has 7 nitrogen and oxygen atoms in total. The molecule has 188 valence electrons. The van der Waals surface area contributed by atoms with Crippen LogP contribution in [0.3, 0.4) is 0 Å². The van der Waals surface area contributed by atoms with Crippen molar-refractivity contribution in [2.45, 2.75) is 26.7 Å². The van der Waals surface area contributed by atoms with Gasteiger partial charge >= 0.3 is 5.97 Å². The molecule has 0 unspecified atom stereocenters. The second kappa shape index (κ2) is 9.63. The molecule has 6 aromatic rings. The summed E-state index contributed by atoms with van der Waals surface area (Å²) in [6, 6.07) is 13.4. The molecule has 0 fully saturated rings. The Morgan fingerprint density at radius 2 is 1.87 bits per heavy atom. The summed E-state index contributed by atoms with van der Waals surface area (Å²) in [4.78, 5) is 25.9. The van der Waals surface area contributed by atoms with Crippen molar-refractivity contribution >= 4 is 44.8 Å². The van der Waals surface area contributed by atoms with Gasteiger partial charge in [-0.15, -0.1) is 11.3 Å². The maximum atomic E-state index is 11.7. The summed E-state index contributed by atoms with van der Waals surface area (Å²) in [6.07, 6.45) is 8.16. The number of halogens is 1. The molecule has 0 aliphatic carbocycles. The monoisotopic (exact) mass is 539 g/mol. The lowest BCUT2D eigenvalue weighted by Gasteiger charge is -2.13. The Bertz CT molecular complexity index is 1840. The van der Waals surface area contributed by atoms with Crippen LogP contribution in [-0.2, 0) is 17.6 Å². The van der Waals surface area contributed by atoms with E-state index in [4.69, 9.17) is 16.6 Å². The van der Waals surface area contributed by atoms with Gasteiger partial charge in [0.1, 0.15) is 5.01 Å². The third kappa shape index (κ3) is 4.31. The number of nitrogens with zero attached hydrogens (tertiary/aromatic N) is 5. The largest absolute Gasteiger partial charge is 0.481 e. The first-order chi connectivity index (χ1) is 18.4. The lowest BCUT2D eigenvalue weighted by atomic mass is 9.93. The highest BCUT2D eigenvalue weighted by Crippen LogP contribution is 2.41. The Hall–Kier alpha value is -4.14. The maximum absolute atomic E-state index is 11.7. The second-order valence-corrected chi connectivity index (χ2v) is 10.5. The SMILES string of the molecule is CCc1cnn2cc(-c3cc(-c4nc5cc(C)c(CC(=O)O)c(-c6ccc(Cl)cc6)c5s4)ccn3)cnc12. The molecule has 0 spiro atoms. The van der Waals surface area contributed by atoms with E-state index < -0.39 is 5.97 Å². The van der Waals surface area contributed by atoms with Gasteiger partial charge in [0.15, 0.2) is 5.65 Å². The third-order valence-electron chi connectivity index (χ3n) is 6.59. The van der Waals surface area contributed by atoms with E-state index in [-0.39, 0.29) is 6.42 Å². The zero-order chi connectivity index (χ0) is 26.4. The van der Waals surface area contributed by atoms with Gasteiger partial charge in [0.25, 0.3) is 0 Å². The van der Waals surface area contributed by atoms with Crippen molar-refractivity contribution in [2.24, 2.45) is 0 Å². The number of aliphatic carboxylic acids is 1. The minimum absolute atomic E-state index is 0.0744. The summed E-state index contributed by atoms with van der Waals surface area (Å²) in [5.74, 6) is -0.875. The number of carbonyl (C=O) groups is 1. The summed E-state index contributed by atoms with van der Waals surface area (Å²) in [7, 11) is 0. The van der Waals surface area contributed by atoms with E-state index in [1.807, 2.05) is 68.0 Å². The number of hydrogen-bond donors (Lipinski definition) is 1. The van der Waals surface area contributed by atoms with Gasteiger partial charge in [-0.2, -0.15) is 5.10 Å². The van der Waals surface area contributed by atoms with Crippen LogP contribution in [0.25, 0.3) is 48.8 Å². The third-order valence-corrected chi connectivity index (χ3v) is 7.98. The number of carboxylic acid groups (broad SMARTS) is 1. The van der Waals surface area contributed by atoms with E-state index in [1.165, 1.54) is 0 Å². The van der Waals surface area contributed by atoms with Crippen molar-refractivity contribution in [2.75, 3.05) is 0 Å². The number of fused-ring (bicyclic) bond motifs is 2. The van der Waals surface area contributed by atoms with Crippen LogP contribution in [-0.4, -0.2) is 35.6 Å². The molecule has 38 heavy (non-hydrogen) atoms. The van der Waals surface area contributed by atoms with Crippen LogP contribution in [0.5, 0.6) is 0 Å². The number of benzene rings is 2. The van der Waals surface area contributed by atoms with Gasteiger partial charge in [-0.3, -0.25) is 9.78 Å². The van der Waals surface area contributed by atoms with Crippen molar-refractivity contribution in [1.82, 2.24) is 24.6 Å². The number of aryl methyl sites for hydroxylation is 2. The molecule has 0 amide bonds. The number of thiazole rings is 1. The minimum Gasteiger partial charge on any atom is -0.481 e. The molecule has 0 aliphatic rings. The van der Waals surface area contributed by atoms with Gasteiger partial charge in [-0.05, 0) is 60.4 Å². The van der Waals surface area contributed by atoms with Crippen molar-refractivity contribution < 1.29 is 9.90 Å². The summed E-state index contributed by atoms with van der Waals surface area (Å²) in [6.45, 7) is 4.02. The predicted octanol–water partition coefficient (Wildman–Crippen LogP) is 6.89. The van der Waals surface area contributed by atoms with Crippen LogP contribution in [0.4, 0.5) is 0 Å². The Balaban J connectivity index is 1.48. The van der Waals surface area contributed by atoms with Gasteiger partial charge in [-0.25, -0.2) is 14.5 Å². The van der Waals surface area contributed by atoms with Gasteiger partial charge in [-0.1, -0.05) is 30.7 Å². The smallest absolute Gasteiger partial charge is 0.307 e. The molecule has 6 rings (SSSR count). The van der Waals surface area contributed by atoms with E-state index >= 15 is 0 Å². The van der Waals surface area contributed by atoms with Crippen LogP contribution in [0.1, 0.15) is 23.6 Å². The Morgan fingerprint density at radius 1 is 1.05 bits per heavy atom. The van der Waals surface area contributed by atoms with E-state index in [1.54, 1.807) is 22.0 Å². The van der Waals surface area contributed by atoms with Crippen LogP contribution in [0.2, 0.25) is 5.02 Å². The first-order valence-corrected chi connectivity index (χ1v) is 13.3. The van der Waals surface area contributed by atoms with Gasteiger partial charge in [0, 0.05) is 45.9 Å². The molecule has 0 saturated heterocycles. The lowest BCUT2D eigenvalue weighted by molar-refractivity contribution is -0.136. The highest BCUT2D eigenvalue weighted by Gasteiger charge is 2.20. The summed E-state index contributed by atoms with van der Waals surface area (Å²) < 4.78 is 2.72. The number of rotatable bonds is 6. The predicted molar refractivity (Wildman–Crippen MR) is 151 cm³/mol. The van der Waals surface area contributed by atoms with Crippen LogP contribution in [0, 0.1) is 6.92 Å². The molecule has 1 N–H and O–H groups in total. The number of aromatic nitrogens is 5. The Labute approximate surface area is 227 Å². The Kier molecular flexibility index (Phi) is 6.13. The van der Waals surface area contributed by atoms with E-state index in [2.05, 4.69) is 22.0 Å². The summed E-state index contributed by atoms with van der Waals surface area (Å²) in [5.41, 5.74) is 8.79. The number of pyridine rings is 1. The fourth-order valence-corrected chi connectivity index (χ4v) is 5.95.